The number of fused-ring (bicyclic) bond motifs is 1. The van der Waals surface area contributed by atoms with Gasteiger partial charge >= 0.3 is 6.61 Å². The van der Waals surface area contributed by atoms with Gasteiger partial charge in [0.05, 0.1) is 0 Å². The van der Waals surface area contributed by atoms with E-state index in [0.29, 0.717) is 23.6 Å². The summed E-state index contributed by atoms with van der Waals surface area (Å²) in [5.41, 5.74) is 1.93. The molecule has 0 saturated heterocycles. The summed E-state index contributed by atoms with van der Waals surface area (Å²) in [7, 11) is 0. The molecule has 0 aliphatic rings. The van der Waals surface area contributed by atoms with Crippen molar-refractivity contribution in [1.29, 1.82) is 0 Å². The Morgan fingerprint density at radius 3 is 2.62 bits per heavy atom. The maximum absolute atomic E-state index is 12.1. The van der Waals surface area contributed by atoms with E-state index in [1.54, 1.807) is 0 Å². The zero-order valence-electron chi connectivity index (χ0n) is 12.5. The molecule has 0 radical (unpaired) electrons. The molecular formula is C17H14F2N2O3. The predicted molar refractivity (Wildman–Crippen MR) is 84.0 cm³/mol. The third-order valence-corrected chi connectivity index (χ3v) is 3.27. The molecule has 0 spiro atoms. The lowest BCUT2D eigenvalue weighted by molar-refractivity contribution is -0.116. The van der Waals surface area contributed by atoms with Gasteiger partial charge in [0.15, 0.2) is 11.5 Å². The van der Waals surface area contributed by atoms with E-state index >= 15 is 0 Å². The third-order valence-electron chi connectivity index (χ3n) is 3.27. The van der Waals surface area contributed by atoms with Crippen LogP contribution in [0.4, 0.5) is 14.5 Å². The van der Waals surface area contributed by atoms with E-state index in [1.165, 1.54) is 24.3 Å². The van der Waals surface area contributed by atoms with E-state index in [2.05, 4.69) is 15.0 Å². The molecule has 0 fully saturated rings. The highest BCUT2D eigenvalue weighted by Crippen LogP contribution is 2.19. The number of amides is 1. The van der Waals surface area contributed by atoms with Crippen LogP contribution >= 0.6 is 0 Å². The molecule has 1 heterocycles. The number of carbonyl (C=O) groups is 1. The van der Waals surface area contributed by atoms with E-state index in [0.717, 1.165) is 5.52 Å². The van der Waals surface area contributed by atoms with Crippen molar-refractivity contribution in [2.45, 2.75) is 19.5 Å². The van der Waals surface area contributed by atoms with Crippen molar-refractivity contribution in [2.24, 2.45) is 0 Å². The average Bonchev–Trinajstić information content (AvgIpc) is 2.97. The van der Waals surface area contributed by atoms with Crippen LogP contribution < -0.4 is 10.1 Å². The van der Waals surface area contributed by atoms with Gasteiger partial charge in [0.1, 0.15) is 11.3 Å². The molecule has 3 aromatic rings. The molecule has 0 bridgehead atoms. The van der Waals surface area contributed by atoms with E-state index < -0.39 is 6.61 Å². The molecule has 1 aromatic heterocycles. The van der Waals surface area contributed by atoms with Crippen LogP contribution in [0.25, 0.3) is 11.1 Å². The number of nitrogens with zero attached hydrogens (tertiary/aromatic N) is 1. The van der Waals surface area contributed by atoms with Gasteiger partial charge in [-0.2, -0.15) is 8.78 Å². The highest BCUT2D eigenvalue weighted by Gasteiger charge is 2.09. The van der Waals surface area contributed by atoms with Crippen molar-refractivity contribution in [1.82, 2.24) is 4.98 Å². The summed E-state index contributed by atoms with van der Waals surface area (Å²) in [6, 6.07) is 13.1. The van der Waals surface area contributed by atoms with Gasteiger partial charge in [0.2, 0.25) is 5.91 Å². The number of hydrogen-bond donors (Lipinski definition) is 1. The molecule has 24 heavy (non-hydrogen) atoms. The Morgan fingerprint density at radius 2 is 1.92 bits per heavy atom. The fraction of sp³-hybridized carbons (Fsp3) is 0.176. The van der Waals surface area contributed by atoms with E-state index in [1.807, 2.05) is 24.3 Å². The molecule has 1 N–H and O–H groups in total. The molecule has 0 aliphatic heterocycles. The Bertz CT molecular complexity index is 798. The van der Waals surface area contributed by atoms with Gasteiger partial charge in [-0.25, -0.2) is 4.98 Å². The van der Waals surface area contributed by atoms with Crippen LogP contribution in [0, 0.1) is 0 Å². The fourth-order valence-electron chi connectivity index (χ4n) is 2.19. The molecule has 124 valence electrons. The van der Waals surface area contributed by atoms with E-state index in [-0.39, 0.29) is 18.1 Å². The number of aromatic nitrogens is 1. The van der Waals surface area contributed by atoms with Crippen LogP contribution in [0.5, 0.6) is 5.75 Å². The Hall–Kier alpha value is -2.96. The smallest absolute Gasteiger partial charge is 0.387 e. The summed E-state index contributed by atoms with van der Waals surface area (Å²) in [4.78, 5) is 16.2. The molecule has 0 aliphatic carbocycles. The van der Waals surface area contributed by atoms with Gasteiger partial charge in [-0.05, 0) is 36.4 Å². The van der Waals surface area contributed by atoms with Gasteiger partial charge in [0.25, 0.3) is 0 Å². The lowest BCUT2D eigenvalue weighted by atomic mass is 10.2. The summed E-state index contributed by atoms with van der Waals surface area (Å²) in [6.07, 6.45) is 0.565. The quantitative estimate of drug-likeness (QED) is 0.741. The van der Waals surface area contributed by atoms with E-state index in [9.17, 15) is 13.6 Å². The topological polar surface area (TPSA) is 64.4 Å². The summed E-state index contributed by atoms with van der Waals surface area (Å²) in [5, 5.41) is 2.68. The summed E-state index contributed by atoms with van der Waals surface area (Å²) < 4.78 is 33.9. The zero-order valence-corrected chi connectivity index (χ0v) is 12.5. The van der Waals surface area contributed by atoms with Crippen molar-refractivity contribution in [3.8, 4) is 5.75 Å². The largest absolute Gasteiger partial charge is 0.441 e. The fourth-order valence-corrected chi connectivity index (χ4v) is 2.19. The van der Waals surface area contributed by atoms with Crippen LogP contribution in [0.2, 0.25) is 0 Å². The number of oxazole rings is 1. The molecule has 5 nitrogen and oxygen atoms in total. The van der Waals surface area contributed by atoms with Gasteiger partial charge < -0.3 is 14.5 Å². The number of nitrogens with one attached hydrogen (secondary N) is 1. The predicted octanol–water partition coefficient (Wildman–Crippen LogP) is 4.00. The highest BCUT2D eigenvalue weighted by molar-refractivity contribution is 5.90. The number of carbonyl (C=O) groups excluding carboxylic acids is 1. The summed E-state index contributed by atoms with van der Waals surface area (Å²) in [5.74, 6) is 0.307. The first-order valence-corrected chi connectivity index (χ1v) is 7.29. The molecule has 3 rings (SSSR count). The normalized spacial score (nSPS) is 11.0. The number of benzene rings is 2. The first kappa shape index (κ1) is 15.9. The minimum Gasteiger partial charge on any atom is -0.441 e. The number of rotatable bonds is 6. The first-order chi connectivity index (χ1) is 11.6. The van der Waals surface area contributed by atoms with Gasteiger partial charge in [-0.15, -0.1) is 0 Å². The minimum absolute atomic E-state index is 0.0366. The molecule has 0 unspecified atom stereocenters. The monoisotopic (exact) mass is 332 g/mol. The standard InChI is InChI=1S/C17H14F2N2O3/c18-17(19)23-12-7-5-11(6-8-12)20-15(22)9-10-16-21-13-3-1-2-4-14(13)24-16/h1-8,17H,9-10H2,(H,20,22). The molecule has 1 amide bonds. The van der Waals surface area contributed by atoms with Crippen molar-refractivity contribution in [2.75, 3.05) is 5.32 Å². The number of halogens is 2. The van der Waals surface area contributed by atoms with Crippen molar-refractivity contribution in [3.63, 3.8) is 0 Å². The Morgan fingerprint density at radius 1 is 1.17 bits per heavy atom. The zero-order chi connectivity index (χ0) is 16.9. The minimum atomic E-state index is -2.87. The number of anilines is 1. The maximum Gasteiger partial charge on any atom is 0.387 e. The molecule has 0 saturated carbocycles. The second-order valence-electron chi connectivity index (χ2n) is 5.03. The van der Waals surface area contributed by atoms with Gasteiger partial charge in [-0.3, -0.25) is 4.79 Å². The number of aryl methyl sites for hydroxylation is 1. The Labute approximate surface area is 136 Å². The highest BCUT2D eigenvalue weighted by atomic mass is 19.3. The second-order valence-corrected chi connectivity index (χ2v) is 5.03. The number of hydrogen-bond acceptors (Lipinski definition) is 4. The molecule has 7 heteroatoms. The number of ether oxygens (including phenoxy) is 1. The van der Waals surface area contributed by atoms with Gasteiger partial charge in [-0.1, -0.05) is 12.1 Å². The van der Waals surface area contributed by atoms with Crippen LogP contribution in [0.1, 0.15) is 12.3 Å². The number of alkyl halides is 2. The van der Waals surface area contributed by atoms with Crippen LogP contribution in [0.3, 0.4) is 0 Å². The first-order valence-electron chi connectivity index (χ1n) is 7.29. The third kappa shape index (κ3) is 4.07. The van der Waals surface area contributed by atoms with Crippen LogP contribution in [-0.4, -0.2) is 17.5 Å². The SMILES string of the molecule is O=C(CCc1nc2ccccc2o1)Nc1ccc(OC(F)F)cc1. The maximum atomic E-state index is 12.1. The van der Waals surface area contributed by atoms with Crippen molar-refractivity contribution < 1.29 is 22.7 Å². The van der Waals surface area contributed by atoms with Crippen molar-refractivity contribution >= 4 is 22.7 Å². The second kappa shape index (κ2) is 7.08. The summed E-state index contributed by atoms with van der Waals surface area (Å²) >= 11 is 0. The lowest BCUT2D eigenvalue weighted by Crippen LogP contribution is -2.12. The average molecular weight is 332 g/mol. The Balaban J connectivity index is 1.53. The molecule has 0 atom stereocenters. The van der Waals surface area contributed by atoms with Crippen LogP contribution in [-0.2, 0) is 11.2 Å². The number of para-hydroxylation sites is 2. The Kier molecular flexibility index (Phi) is 4.69. The van der Waals surface area contributed by atoms with Gasteiger partial charge in [0, 0.05) is 18.5 Å². The lowest BCUT2D eigenvalue weighted by Gasteiger charge is -2.07. The molecular weight excluding hydrogens is 318 g/mol. The summed E-state index contributed by atoms with van der Waals surface area (Å²) in [6.45, 7) is -2.87. The molecule has 2 aromatic carbocycles. The van der Waals surface area contributed by atoms with E-state index in [4.69, 9.17) is 4.42 Å². The van der Waals surface area contributed by atoms with Crippen LogP contribution in [0.15, 0.2) is 52.9 Å². The van der Waals surface area contributed by atoms with Crippen molar-refractivity contribution in [3.05, 3.63) is 54.4 Å².